The van der Waals surface area contributed by atoms with Crippen LogP contribution < -0.4 is 10.5 Å². The molecule has 10 heteroatoms. The topological polar surface area (TPSA) is 122 Å². The predicted molar refractivity (Wildman–Crippen MR) is 148 cm³/mol. The fraction of sp³-hybridized carbons (Fsp3) is 0.250. The molecule has 0 saturated heterocycles. The Labute approximate surface area is 222 Å². The first kappa shape index (κ1) is 25.8. The van der Waals surface area contributed by atoms with Crippen LogP contribution in [0.2, 0.25) is 0 Å². The molecule has 1 aliphatic rings. The summed E-state index contributed by atoms with van der Waals surface area (Å²) >= 11 is 0. The lowest BCUT2D eigenvalue weighted by atomic mass is 10.0. The number of hydrogen-bond donors (Lipinski definition) is 2. The summed E-state index contributed by atoms with van der Waals surface area (Å²) in [4.78, 5) is 26.1. The average molecular weight is 531 g/mol. The predicted octanol–water partition coefficient (Wildman–Crippen LogP) is 3.26. The van der Waals surface area contributed by atoms with Crippen molar-refractivity contribution in [1.29, 1.82) is 0 Å². The Kier molecular flexibility index (Phi) is 6.87. The van der Waals surface area contributed by atoms with Crippen molar-refractivity contribution in [2.24, 2.45) is 0 Å². The van der Waals surface area contributed by atoms with E-state index < -0.39 is 10.0 Å². The maximum absolute atomic E-state index is 13.6. The highest BCUT2D eigenvalue weighted by molar-refractivity contribution is 7.89. The molecule has 0 saturated carbocycles. The largest absolute Gasteiger partial charge is 0.368 e. The lowest BCUT2D eigenvalue weighted by Gasteiger charge is -2.20. The van der Waals surface area contributed by atoms with Gasteiger partial charge in [-0.2, -0.15) is 0 Å². The average Bonchev–Trinajstić information content (AvgIpc) is 3.31. The number of amides is 1. The minimum Gasteiger partial charge on any atom is -0.368 e. The number of carbonyl (C=O) groups excluding carboxylic acids is 1. The molecule has 196 valence electrons. The van der Waals surface area contributed by atoms with Gasteiger partial charge < -0.3 is 15.5 Å². The molecule has 9 nitrogen and oxygen atoms in total. The lowest BCUT2D eigenvalue weighted by molar-refractivity contribution is 0.0747. The second-order valence-corrected chi connectivity index (χ2v) is 11.6. The highest BCUT2D eigenvalue weighted by Gasteiger charge is 2.27. The second-order valence-electron chi connectivity index (χ2n) is 9.87. The molecule has 1 amide bonds. The lowest BCUT2D eigenvalue weighted by Crippen LogP contribution is -2.39. The molecule has 0 radical (unpaired) electrons. The number of nitrogens with two attached hydrogens (primary N) is 1. The molecule has 3 N–H and O–H groups in total. The molecule has 38 heavy (non-hydrogen) atoms. The number of sulfonamides is 1. The van der Waals surface area contributed by atoms with E-state index in [0.29, 0.717) is 41.7 Å². The Balaban J connectivity index is 1.55. The van der Waals surface area contributed by atoms with Crippen molar-refractivity contribution in [3.05, 3.63) is 83.6 Å². The molecule has 0 aliphatic carbocycles. The number of rotatable bonds is 7. The minimum atomic E-state index is -3.82. The number of benzene rings is 3. The summed E-state index contributed by atoms with van der Waals surface area (Å²) in [5.41, 5.74) is 10.0. The van der Waals surface area contributed by atoms with Crippen molar-refractivity contribution in [3.8, 4) is 11.1 Å². The van der Waals surface area contributed by atoms with Crippen LogP contribution in [0.1, 0.15) is 28.5 Å². The Hall–Kier alpha value is -3.86. The van der Waals surface area contributed by atoms with Gasteiger partial charge in [0.15, 0.2) is 0 Å². The van der Waals surface area contributed by atoms with E-state index in [-0.39, 0.29) is 28.5 Å². The highest BCUT2D eigenvalue weighted by Crippen LogP contribution is 2.32. The van der Waals surface area contributed by atoms with Crippen molar-refractivity contribution in [2.75, 3.05) is 26.4 Å². The van der Waals surface area contributed by atoms with Gasteiger partial charge >= 0.3 is 0 Å². The van der Waals surface area contributed by atoms with Gasteiger partial charge in [0.1, 0.15) is 5.69 Å². The van der Waals surface area contributed by atoms with E-state index in [1.54, 1.807) is 47.4 Å². The smallest absolute Gasteiger partial charge is 0.273 e. The zero-order valence-electron chi connectivity index (χ0n) is 21.5. The first-order valence-corrected chi connectivity index (χ1v) is 13.8. The van der Waals surface area contributed by atoms with E-state index in [1.807, 2.05) is 50.2 Å². The monoisotopic (exact) mass is 530 g/mol. The molecule has 1 atom stereocenters. The third kappa shape index (κ3) is 5.10. The molecular weight excluding hydrogens is 500 g/mol. The maximum Gasteiger partial charge on any atom is 0.273 e. The van der Waals surface area contributed by atoms with Crippen LogP contribution in [0.25, 0.3) is 22.0 Å². The number of carbonyl (C=O) groups is 1. The first-order valence-electron chi connectivity index (χ1n) is 12.3. The summed E-state index contributed by atoms with van der Waals surface area (Å²) in [6.45, 7) is 3.35. The summed E-state index contributed by atoms with van der Waals surface area (Å²) in [7, 11) is -0.0347. The van der Waals surface area contributed by atoms with Gasteiger partial charge in [0.05, 0.1) is 10.4 Å². The molecule has 0 fully saturated rings. The number of nitrogens with one attached hydrogen (secondary N) is 1. The molecular formula is C28H30N6O3S. The zero-order valence-corrected chi connectivity index (χ0v) is 22.4. The molecule has 1 unspecified atom stereocenters. The number of nitrogens with zero attached hydrogens (tertiary/aromatic N) is 4. The maximum atomic E-state index is 13.6. The molecule has 5 rings (SSSR count). The fourth-order valence-corrected chi connectivity index (χ4v) is 6.42. The van der Waals surface area contributed by atoms with Crippen molar-refractivity contribution in [2.45, 2.75) is 31.0 Å². The summed E-state index contributed by atoms with van der Waals surface area (Å²) in [5.74, 6) is -0.245. The quantitative estimate of drug-likeness (QED) is 0.376. The fourth-order valence-electron chi connectivity index (χ4n) is 4.96. The number of nitrogen functional groups attached to an aromatic ring is 1. The highest BCUT2D eigenvalue weighted by atomic mass is 32.2. The van der Waals surface area contributed by atoms with Crippen LogP contribution in [0, 0.1) is 0 Å². The van der Waals surface area contributed by atoms with E-state index in [2.05, 4.69) is 14.7 Å². The Morgan fingerprint density at radius 3 is 2.37 bits per heavy atom. The van der Waals surface area contributed by atoms with E-state index >= 15 is 0 Å². The van der Waals surface area contributed by atoms with Crippen LogP contribution in [0.3, 0.4) is 0 Å². The standard InChI is InChI=1S/C28H30N6O3S/c1-18(15-33(2)3)32-38(36,37)25-11-7-6-10-22(25)19-12-13-24-23(14-19)26(31-28(29)30-24)27(35)34-16-20-8-4-5-9-21(20)17-34/h4-14,18,32H,15-17H2,1-3H3,(H2,29,30,31). The van der Waals surface area contributed by atoms with Crippen LogP contribution in [-0.4, -0.2) is 60.8 Å². The third-order valence-corrected chi connectivity index (χ3v) is 8.17. The SMILES string of the molecule is CC(CN(C)C)NS(=O)(=O)c1ccccc1-c1ccc2nc(N)nc(C(=O)N3Cc4ccccc4C3)c2c1. The van der Waals surface area contributed by atoms with Gasteiger partial charge in [0, 0.05) is 36.6 Å². The van der Waals surface area contributed by atoms with E-state index in [9.17, 15) is 13.2 Å². The van der Waals surface area contributed by atoms with Crippen molar-refractivity contribution < 1.29 is 13.2 Å². The normalized spacial score (nSPS) is 14.2. The molecule has 2 heterocycles. The van der Waals surface area contributed by atoms with Crippen molar-refractivity contribution in [3.63, 3.8) is 0 Å². The molecule has 0 bridgehead atoms. The molecule has 4 aromatic rings. The number of fused-ring (bicyclic) bond motifs is 2. The van der Waals surface area contributed by atoms with Gasteiger partial charge in [-0.1, -0.05) is 48.5 Å². The van der Waals surface area contributed by atoms with Gasteiger partial charge in [-0.25, -0.2) is 23.1 Å². The molecule has 0 spiro atoms. The van der Waals surface area contributed by atoms with Gasteiger partial charge in [0.2, 0.25) is 16.0 Å². The van der Waals surface area contributed by atoms with Crippen molar-refractivity contribution in [1.82, 2.24) is 24.5 Å². The van der Waals surface area contributed by atoms with Gasteiger partial charge in [-0.3, -0.25) is 4.79 Å². The Bertz CT molecular complexity index is 1610. The minimum absolute atomic E-state index is 0.00682. The van der Waals surface area contributed by atoms with E-state index in [1.165, 1.54) is 0 Å². The van der Waals surface area contributed by atoms with Crippen LogP contribution in [-0.2, 0) is 23.1 Å². The summed E-state index contributed by atoms with van der Waals surface area (Å²) in [6, 6.07) is 19.8. The summed E-state index contributed by atoms with van der Waals surface area (Å²) in [6.07, 6.45) is 0. The summed E-state index contributed by atoms with van der Waals surface area (Å²) in [5, 5.41) is 0.513. The van der Waals surface area contributed by atoms with Crippen molar-refractivity contribution >= 4 is 32.8 Å². The van der Waals surface area contributed by atoms with Gasteiger partial charge in [-0.15, -0.1) is 0 Å². The van der Waals surface area contributed by atoms with Crippen LogP contribution in [0.15, 0.2) is 71.6 Å². The van der Waals surface area contributed by atoms with E-state index in [4.69, 9.17) is 5.73 Å². The molecule has 1 aliphatic heterocycles. The Morgan fingerprint density at radius 2 is 1.68 bits per heavy atom. The van der Waals surface area contributed by atoms with Gasteiger partial charge in [0.25, 0.3) is 5.91 Å². The molecule has 3 aromatic carbocycles. The van der Waals surface area contributed by atoms with Crippen LogP contribution in [0.4, 0.5) is 5.95 Å². The van der Waals surface area contributed by atoms with Crippen LogP contribution >= 0.6 is 0 Å². The number of hydrogen-bond acceptors (Lipinski definition) is 7. The zero-order chi connectivity index (χ0) is 27.0. The Morgan fingerprint density at radius 1 is 1.03 bits per heavy atom. The third-order valence-electron chi connectivity index (χ3n) is 6.53. The number of anilines is 1. The second kappa shape index (κ2) is 10.1. The van der Waals surface area contributed by atoms with Crippen LogP contribution in [0.5, 0.6) is 0 Å². The number of aromatic nitrogens is 2. The summed E-state index contributed by atoms with van der Waals surface area (Å²) < 4.78 is 29.5. The van der Waals surface area contributed by atoms with Gasteiger partial charge in [-0.05, 0) is 55.9 Å². The molecule has 1 aromatic heterocycles. The number of likely N-dealkylation sites (N-methyl/N-ethyl adjacent to an activating group) is 1. The first-order chi connectivity index (χ1) is 18.1. The van der Waals surface area contributed by atoms with E-state index in [0.717, 1.165) is 11.1 Å².